The fourth-order valence-electron chi connectivity index (χ4n) is 11.8. The van der Waals surface area contributed by atoms with E-state index in [0.29, 0.717) is 87.2 Å². The van der Waals surface area contributed by atoms with Crippen molar-refractivity contribution in [3.05, 3.63) is 246 Å². The number of aliphatic hydroxyl groups excluding tert-OH is 5. The molecule has 6 N–H and O–H groups in total. The third-order valence-electron chi connectivity index (χ3n) is 16.6. The number of anilines is 3. The molecule has 0 aromatic heterocycles. The molecule has 0 unspecified atom stereocenters. The highest BCUT2D eigenvalue weighted by atomic mass is 35.5. The Balaban J connectivity index is 0.000000170. The topological polar surface area (TPSA) is 157 Å². The Morgan fingerprint density at radius 1 is 0.453 bits per heavy atom. The maximum absolute atomic E-state index is 13.5. The van der Waals surface area contributed by atoms with Crippen molar-refractivity contribution in [3.8, 4) is 17.2 Å². The van der Waals surface area contributed by atoms with Crippen LogP contribution >= 0.6 is 69.6 Å². The predicted molar refractivity (Wildman–Crippen MR) is 379 cm³/mol. The smallest absolute Gasteiger partial charge is 0.123 e. The summed E-state index contributed by atoms with van der Waals surface area (Å²) in [5, 5.41) is 56.5. The summed E-state index contributed by atoms with van der Waals surface area (Å²) in [5.41, 5.74) is 7.64. The number of nitrogens with zero attached hydrogens (tertiary/aromatic N) is 5. The van der Waals surface area contributed by atoms with E-state index >= 15 is 0 Å². The van der Waals surface area contributed by atoms with Gasteiger partial charge in [-0.1, -0.05) is 130 Å². The first-order valence-electron chi connectivity index (χ1n) is 31.5. The first kappa shape index (κ1) is 73.1. The molecule has 0 aliphatic carbocycles. The van der Waals surface area contributed by atoms with Crippen LogP contribution < -0.4 is 34.2 Å². The van der Waals surface area contributed by atoms with Gasteiger partial charge in [-0.25, -0.2) is 8.78 Å². The summed E-state index contributed by atoms with van der Waals surface area (Å²) in [6.45, 7) is 12.7. The van der Waals surface area contributed by atoms with Crippen LogP contribution in [0.1, 0.15) is 78.9 Å². The Hall–Kier alpha value is -6.16. The lowest BCUT2D eigenvalue weighted by Gasteiger charge is -2.46. The van der Waals surface area contributed by atoms with E-state index in [1.165, 1.54) is 29.8 Å². The molecular weight excluding hydrogens is 1340 g/mol. The van der Waals surface area contributed by atoms with Crippen molar-refractivity contribution in [2.75, 3.05) is 107 Å². The van der Waals surface area contributed by atoms with Gasteiger partial charge in [0, 0.05) is 98.7 Å². The Kier molecular flexibility index (Phi) is 27.2. The molecule has 8 aromatic rings. The number of nitrogens with one attached hydrogen (secondary N) is 1. The van der Waals surface area contributed by atoms with E-state index in [9.17, 15) is 34.3 Å². The number of benzene rings is 8. The second-order valence-corrected chi connectivity index (χ2v) is 26.4. The lowest BCUT2D eigenvalue weighted by atomic mass is 9.98. The standard InChI is InChI=1S/2C27H29Cl2FN2O3.C19H22Cl2N2O2/c1-18(34)17-35-23-10-11-25(24(29)14-23)32-13-12-31(15-26(32)19-2-6-21(28)7-3-19)27(16-33)20-4-8-22(30)9-5-20;1-18(33)17-35-23-10-11-25(24(29)14-23)32-13-12-31(15-26(32)19-2-6-21(28)7-3-19)16-27(34)20-4-8-22(30)9-5-20;1-13(24)12-25-16-6-7-18(17(21)10-16)23-9-8-22-11-19(23)14-2-4-15(20)5-3-14/h2*2-11,14,18,26-27,33-34H,12-13,15-17H2,1H3;2-7,10,13,19,22,24H,8-9,11-12H2,1H3/t18-,26+,27+;18-,26+,27-;13-,19+/m111/s1. The molecule has 0 saturated carbocycles. The van der Waals surface area contributed by atoms with E-state index in [0.717, 1.165) is 65.0 Å². The number of piperazine rings is 3. The zero-order valence-electron chi connectivity index (χ0n) is 53.0. The molecule has 3 saturated heterocycles. The molecule has 506 valence electrons. The second kappa shape index (κ2) is 35.4. The highest BCUT2D eigenvalue weighted by Crippen LogP contribution is 2.42. The molecule has 8 aromatic carbocycles. The van der Waals surface area contributed by atoms with Crippen LogP contribution in [0.25, 0.3) is 0 Å². The largest absolute Gasteiger partial charge is 0.491 e. The van der Waals surface area contributed by atoms with Gasteiger partial charge in [0.2, 0.25) is 0 Å². The Morgan fingerprint density at radius 2 is 0.832 bits per heavy atom. The maximum atomic E-state index is 13.5. The summed E-state index contributed by atoms with van der Waals surface area (Å²) in [7, 11) is 0. The molecule has 11 rings (SSSR count). The molecule has 3 heterocycles. The van der Waals surface area contributed by atoms with Gasteiger partial charge in [-0.15, -0.1) is 0 Å². The van der Waals surface area contributed by atoms with Crippen molar-refractivity contribution in [2.24, 2.45) is 0 Å². The average Bonchev–Trinajstić information content (AvgIpc) is 0.813. The van der Waals surface area contributed by atoms with E-state index in [1.807, 2.05) is 97.1 Å². The van der Waals surface area contributed by atoms with Crippen molar-refractivity contribution in [1.82, 2.24) is 15.1 Å². The van der Waals surface area contributed by atoms with Gasteiger partial charge in [0.1, 0.15) is 48.7 Å². The number of rotatable bonds is 21. The minimum absolute atomic E-state index is 0.0248. The first-order chi connectivity index (χ1) is 45.7. The SMILES string of the molecule is C[C@@H](O)COc1ccc(N2CCN(C[C@@H](O)c3ccc(F)cc3)C[C@H]2c2ccc(Cl)cc2)c(Cl)c1.C[C@@H](O)COc1ccc(N2CCN([C@@H](CO)c3ccc(F)cc3)C[C@H]2c2ccc(Cl)cc2)c(Cl)c1.C[C@@H](O)COc1ccc(N2CCNC[C@H]2c2ccc(Cl)cc2)c(Cl)c1. The molecule has 0 bridgehead atoms. The summed E-state index contributed by atoms with van der Waals surface area (Å²) in [6.07, 6.45) is -2.37. The van der Waals surface area contributed by atoms with Gasteiger partial charge in [-0.2, -0.15) is 0 Å². The van der Waals surface area contributed by atoms with Gasteiger partial charge in [0.15, 0.2) is 0 Å². The molecule has 22 heteroatoms. The quantitative estimate of drug-likeness (QED) is 0.0404. The van der Waals surface area contributed by atoms with E-state index in [-0.39, 0.29) is 62.2 Å². The lowest BCUT2D eigenvalue weighted by molar-refractivity contribution is 0.100. The first-order valence-corrected chi connectivity index (χ1v) is 33.8. The Labute approximate surface area is 585 Å². The van der Waals surface area contributed by atoms with Crippen LogP contribution in [0.3, 0.4) is 0 Å². The fourth-order valence-corrected chi connectivity index (χ4v) is 13.0. The molecule has 3 aliphatic rings. The summed E-state index contributed by atoms with van der Waals surface area (Å²) in [6, 6.07) is 52.3. The Bertz CT molecular complexity index is 3680. The minimum atomic E-state index is -0.720. The van der Waals surface area contributed by atoms with Gasteiger partial charge >= 0.3 is 0 Å². The van der Waals surface area contributed by atoms with Crippen molar-refractivity contribution < 1.29 is 48.5 Å². The lowest BCUT2D eigenvalue weighted by Crippen LogP contribution is -2.50. The highest BCUT2D eigenvalue weighted by molar-refractivity contribution is 6.34. The number of aliphatic hydroxyl groups is 5. The van der Waals surface area contributed by atoms with Gasteiger partial charge in [-0.05, 0) is 146 Å². The number of halogens is 8. The van der Waals surface area contributed by atoms with Crippen molar-refractivity contribution in [1.29, 1.82) is 0 Å². The van der Waals surface area contributed by atoms with Gasteiger partial charge in [0.05, 0.1) is 87.3 Å². The molecule has 0 amide bonds. The molecule has 0 spiro atoms. The summed E-state index contributed by atoms with van der Waals surface area (Å²) < 4.78 is 43.5. The van der Waals surface area contributed by atoms with E-state index < -0.39 is 24.4 Å². The Morgan fingerprint density at radius 3 is 1.23 bits per heavy atom. The fraction of sp³-hybridized carbons (Fsp3) is 0.342. The maximum Gasteiger partial charge on any atom is 0.123 e. The molecule has 3 aliphatic heterocycles. The normalized spacial score (nSPS) is 18.5. The summed E-state index contributed by atoms with van der Waals surface area (Å²) in [4.78, 5) is 11.2. The number of β-amino-alcohol motifs (C(OH)–C–C–N with tert-alkyl or cyclic N) is 1. The summed E-state index contributed by atoms with van der Waals surface area (Å²) in [5.74, 6) is 1.23. The molecule has 14 nitrogen and oxygen atoms in total. The van der Waals surface area contributed by atoms with Crippen LogP contribution in [0.15, 0.2) is 176 Å². The molecule has 3 fully saturated rings. The van der Waals surface area contributed by atoms with Crippen molar-refractivity contribution in [3.63, 3.8) is 0 Å². The monoisotopic (exact) mass is 1420 g/mol. The van der Waals surface area contributed by atoms with Crippen LogP contribution in [0.5, 0.6) is 17.2 Å². The highest BCUT2D eigenvalue weighted by Gasteiger charge is 2.35. The van der Waals surface area contributed by atoms with Gasteiger partial charge < -0.3 is 59.8 Å². The average molecular weight is 1420 g/mol. The third-order valence-corrected chi connectivity index (χ3v) is 18.3. The van der Waals surface area contributed by atoms with Gasteiger partial charge in [-0.3, -0.25) is 9.80 Å². The number of hydrogen-bond donors (Lipinski definition) is 6. The molecule has 8 atom stereocenters. The second-order valence-electron chi connectivity index (χ2n) is 23.9. The number of ether oxygens (including phenoxy) is 3. The van der Waals surface area contributed by atoms with Crippen molar-refractivity contribution in [2.45, 2.75) is 69.4 Å². The number of hydrogen-bond acceptors (Lipinski definition) is 14. The third kappa shape index (κ3) is 20.7. The van der Waals surface area contributed by atoms with Gasteiger partial charge in [0.25, 0.3) is 0 Å². The zero-order chi connectivity index (χ0) is 67.7. The van der Waals surface area contributed by atoms with E-state index in [4.69, 9.17) is 83.8 Å². The van der Waals surface area contributed by atoms with Crippen LogP contribution in [0, 0.1) is 11.6 Å². The van der Waals surface area contributed by atoms with Crippen LogP contribution in [-0.4, -0.2) is 146 Å². The van der Waals surface area contributed by atoms with Crippen molar-refractivity contribution >= 4 is 86.7 Å². The van der Waals surface area contributed by atoms with Crippen LogP contribution in [0.2, 0.25) is 30.1 Å². The van der Waals surface area contributed by atoms with Crippen LogP contribution in [0.4, 0.5) is 25.8 Å². The van der Waals surface area contributed by atoms with E-state index in [1.54, 1.807) is 63.2 Å². The minimum Gasteiger partial charge on any atom is -0.491 e. The van der Waals surface area contributed by atoms with Crippen LogP contribution in [-0.2, 0) is 0 Å². The molecule has 95 heavy (non-hydrogen) atoms. The zero-order valence-corrected chi connectivity index (χ0v) is 57.5. The predicted octanol–water partition coefficient (Wildman–Crippen LogP) is 14.9. The summed E-state index contributed by atoms with van der Waals surface area (Å²) >= 11 is 38.2. The molecular formula is C73H80Cl6F2N6O8. The molecule has 0 radical (unpaired) electrons. The van der Waals surface area contributed by atoms with E-state index in [2.05, 4.69) is 41.9 Å².